The van der Waals surface area contributed by atoms with Crippen molar-refractivity contribution in [2.24, 2.45) is 5.92 Å². The molecule has 4 nitrogen and oxygen atoms in total. The molecule has 0 aromatic heterocycles. The number of aliphatic carboxylic acids is 1. The van der Waals surface area contributed by atoms with Crippen molar-refractivity contribution in [3.05, 3.63) is 35.9 Å². The zero-order chi connectivity index (χ0) is 15.1. The van der Waals surface area contributed by atoms with Crippen molar-refractivity contribution in [3.8, 4) is 0 Å². The first-order valence-electron chi connectivity index (χ1n) is 7.71. The van der Waals surface area contributed by atoms with Crippen molar-refractivity contribution in [2.45, 2.75) is 44.4 Å². The van der Waals surface area contributed by atoms with Crippen LogP contribution in [0.5, 0.6) is 0 Å². The molecule has 0 spiro atoms. The van der Waals surface area contributed by atoms with Crippen molar-refractivity contribution < 1.29 is 14.7 Å². The number of hydrogen-bond acceptors (Lipinski definition) is 2. The molecule has 1 aromatic carbocycles. The maximum atomic E-state index is 12.0. The van der Waals surface area contributed by atoms with Crippen LogP contribution < -0.4 is 5.32 Å². The second kappa shape index (κ2) is 7.81. The second-order valence-electron chi connectivity index (χ2n) is 5.81. The van der Waals surface area contributed by atoms with Crippen molar-refractivity contribution >= 4 is 11.9 Å². The van der Waals surface area contributed by atoms with E-state index in [2.05, 4.69) is 5.32 Å². The standard InChI is InChI=1S/C17H23NO3/c19-16(11-13-7-3-1-4-8-13)18-12-15(17(20)21)14-9-5-2-6-10-14/h2,5-6,9-10,13,15H,1,3-4,7-8,11-12H2,(H,18,19)(H,20,21). The number of nitrogens with one attached hydrogen (secondary N) is 1. The van der Waals surface area contributed by atoms with Gasteiger partial charge < -0.3 is 10.4 Å². The quantitative estimate of drug-likeness (QED) is 0.846. The number of carboxylic acid groups (broad SMARTS) is 1. The third-order valence-corrected chi connectivity index (χ3v) is 4.20. The molecule has 1 amide bonds. The van der Waals surface area contributed by atoms with Crippen LogP contribution >= 0.6 is 0 Å². The Morgan fingerprint density at radius 2 is 1.81 bits per heavy atom. The van der Waals surface area contributed by atoms with E-state index in [1.165, 1.54) is 19.3 Å². The van der Waals surface area contributed by atoms with Gasteiger partial charge in [-0.3, -0.25) is 9.59 Å². The van der Waals surface area contributed by atoms with Gasteiger partial charge in [-0.15, -0.1) is 0 Å². The summed E-state index contributed by atoms with van der Waals surface area (Å²) in [6.07, 6.45) is 6.46. The molecule has 21 heavy (non-hydrogen) atoms. The van der Waals surface area contributed by atoms with Gasteiger partial charge >= 0.3 is 5.97 Å². The van der Waals surface area contributed by atoms with E-state index in [9.17, 15) is 14.7 Å². The van der Waals surface area contributed by atoms with Crippen LogP contribution in [0.2, 0.25) is 0 Å². The average Bonchev–Trinajstić information content (AvgIpc) is 2.49. The Bertz CT molecular complexity index is 466. The third kappa shape index (κ3) is 4.88. The zero-order valence-electron chi connectivity index (χ0n) is 12.3. The monoisotopic (exact) mass is 289 g/mol. The Morgan fingerprint density at radius 3 is 2.43 bits per heavy atom. The Kier molecular flexibility index (Phi) is 5.78. The van der Waals surface area contributed by atoms with Crippen LogP contribution in [0.15, 0.2) is 30.3 Å². The van der Waals surface area contributed by atoms with Gasteiger partial charge in [0.25, 0.3) is 0 Å². The van der Waals surface area contributed by atoms with Gasteiger partial charge in [0.2, 0.25) is 5.91 Å². The summed E-state index contributed by atoms with van der Waals surface area (Å²) in [6.45, 7) is 0.158. The average molecular weight is 289 g/mol. The van der Waals surface area contributed by atoms with E-state index in [1.54, 1.807) is 12.1 Å². The topological polar surface area (TPSA) is 66.4 Å². The van der Waals surface area contributed by atoms with Crippen LogP contribution in [0, 0.1) is 5.92 Å². The van der Waals surface area contributed by atoms with E-state index in [0.29, 0.717) is 12.3 Å². The van der Waals surface area contributed by atoms with Crippen LogP contribution in [0.4, 0.5) is 0 Å². The SMILES string of the molecule is O=C(CC1CCCCC1)NCC(C(=O)O)c1ccccc1. The van der Waals surface area contributed by atoms with Crippen LogP contribution in [-0.4, -0.2) is 23.5 Å². The molecule has 1 aromatic rings. The molecule has 114 valence electrons. The number of rotatable bonds is 6. The van der Waals surface area contributed by atoms with Crippen LogP contribution in [-0.2, 0) is 9.59 Å². The van der Waals surface area contributed by atoms with Gasteiger partial charge in [-0.25, -0.2) is 0 Å². The lowest BCUT2D eigenvalue weighted by Gasteiger charge is -2.21. The molecule has 1 saturated carbocycles. The molecule has 1 aliphatic carbocycles. The number of carbonyl (C=O) groups excluding carboxylic acids is 1. The van der Waals surface area contributed by atoms with Crippen LogP contribution in [0.3, 0.4) is 0 Å². The third-order valence-electron chi connectivity index (χ3n) is 4.20. The van der Waals surface area contributed by atoms with E-state index < -0.39 is 11.9 Å². The number of amides is 1. The van der Waals surface area contributed by atoms with E-state index in [0.717, 1.165) is 18.4 Å². The minimum Gasteiger partial charge on any atom is -0.481 e. The van der Waals surface area contributed by atoms with Gasteiger partial charge in [0, 0.05) is 13.0 Å². The van der Waals surface area contributed by atoms with Gasteiger partial charge in [0.15, 0.2) is 0 Å². The maximum Gasteiger partial charge on any atom is 0.312 e. The van der Waals surface area contributed by atoms with Crippen molar-refractivity contribution in [1.29, 1.82) is 0 Å². The van der Waals surface area contributed by atoms with Gasteiger partial charge in [0.1, 0.15) is 0 Å². The highest BCUT2D eigenvalue weighted by molar-refractivity contribution is 5.79. The summed E-state index contributed by atoms with van der Waals surface area (Å²) in [5.41, 5.74) is 0.725. The summed E-state index contributed by atoms with van der Waals surface area (Å²) in [4.78, 5) is 23.3. The first kappa shape index (κ1) is 15.5. The Balaban J connectivity index is 1.84. The molecule has 1 unspecified atom stereocenters. The minimum atomic E-state index is -0.904. The lowest BCUT2D eigenvalue weighted by molar-refractivity contribution is -0.138. The van der Waals surface area contributed by atoms with Gasteiger partial charge in [-0.2, -0.15) is 0 Å². The largest absolute Gasteiger partial charge is 0.481 e. The molecule has 1 atom stereocenters. The van der Waals surface area contributed by atoms with Gasteiger partial charge in [-0.05, 0) is 24.3 Å². The molecular weight excluding hydrogens is 266 g/mol. The maximum absolute atomic E-state index is 12.0. The predicted molar refractivity (Wildman–Crippen MR) is 81.0 cm³/mol. The fraction of sp³-hybridized carbons (Fsp3) is 0.529. The van der Waals surface area contributed by atoms with E-state index in [-0.39, 0.29) is 12.5 Å². The number of benzene rings is 1. The molecule has 0 aliphatic heterocycles. The summed E-state index contributed by atoms with van der Waals surface area (Å²) in [5, 5.41) is 12.1. The Morgan fingerprint density at radius 1 is 1.14 bits per heavy atom. The van der Waals surface area contributed by atoms with E-state index in [1.807, 2.05) is 18.2 Å². The molecule has 0 bridgehead atoms. The molecule has 0 radical (unpaired) electrons. The Labute approximate surface area is 125 Å². The highest BCUT2D eigenvalue weighted by atomic mass is 16.4. The normalized spacial score (nSPS) is 17.1. The molecular formula is C17H23NO3. The molecule has 0 saturated heterocycles. The summed E-state index contributed by atoms with van der Waals surface area (Å²) in [6, 6.07) is 9.05. The minimum absolute atomic E-state index is 0.0240. The number of carboxylic acids is 1. The summed E-state index contributed by atoms with van der Waals surface area (Å²) in [5.74, 6) is -1.14. The van der Waals surface area contributed by atoms with Crippen molar-refractivity contribution in [3.63, 3.8) is 0 Å². The zero-order valence-corrected chi connectivity index (χ0v) is 12.3. The fourth-order valence-corrected chi connectivity index (χ4v) is 2.97. The highest BCUT2D eigenvalue weighted by Gasteiger charge is 2.22. The first-order chi connectivity index (χ1) is 10.2. The number of carbonyl (C=O) groups is 2. The van der Waals surface area contributed by atoms with E-state index in [4.69, 9.17) is 0 Å². The Hall–Kier alpha value is -1.84. The first-order valence-corrected chi connectivity index (χ1v) is 7.71. The summed E-state index contributed by atoms with van der Waals surface area (Å²) < 4.78 is 0. The lowest BCUT2D eigenvalue weighted by Crippen LogP contribution is -2.33. The van der Waals surface area contributed by atoms with E-state index >= 15 is 0 Å². The predicted octanol–water partition coefficient (Wildman–Crippen LogP) is 2.94. The molecule has 1 aliphatic rings. The van der Waals surface area contributed by atoms with Crippen LogP contribution in [0.1, 0.15) is 50.0 Å². The van der Waals surface area contributed by atoms with Crippen LogP contribution in [0.25, 0.3) is 0 Å². The molecule has 2 rings (SSSR count). The summed E-state index contributed by atoms with van der Waals surface area (Å²) in [7, 11) is 0. The molecule has 0 heterocycles. The smallest absolute Gasteiger partial charge is 0.312 e. The van der Waals surface area contributed by atoms with Gasteiger partial charge in [0.05, 0.1) is 5.92 Å². The molecule has 4 heteroatoms. The highest BCUT2D eigenvalue weighted by Crippen LogP contribution is 2.26. The summed E-state index contributed by atoms with van der Waals surface area (Å²) >= 11 is 0. The molecule has 1 fully saturated rings. The molecule has 2 N–H and O–H groups in total. The van der Waals surface area contributed by atoms with Crippen molar-refractivity contribution in [2.75, 3.05) is 6.54 Å². The van der Waals surface area contributed by atoms with Crippen molar-refractivity contribution in [1.82, 2.24) is 5.32 Å². The van der Waals surface area contributed by atoms with Gasteiger partial charge in [-0.1, -0.05) is 49.6 Å². The lowest BCUT2D eigenvalue weighted by atomic mass is 9.87. The second-order valence-corrected chi connectivity index (χ2v) is 5.81. The fourth-order valence-electron chi connectivity index (χ4n) is 2.97. The number of hydrogen-bond donors (Lipinski definition) is 2.